The van der Waals surface area contributed by atoms with Gasteiger partial charge in [0.1, 0.15) is 0 Å². The first-order chi connectivity index (χ1) is 9.43. The molecule has 0 fully saturated rings. The molecule has 1 N–H and O–H groups in total. The van der Waals surface area contributed by atoms with Gasteiger partial charge in [-0.05, 0) is 21.8 Å². The van der Waals surface area contributed by atoms with Crippen LogP contribution < -0.4 is 5.43 Å². The summed E-state index contributed by atoms with van der Waals surface area (Å²) in [4.78, 5) is 32.9. The fraction of sp³-hybridized carbons (Fsp3) is 0. The zero-order chi connectivity index (χ0) is 15.1. The molecule has 0 bridgehead atoms. The zero-order valence-electron chi connectivity index (χ0n) is 9.82. The molecule has 2 heterocycles. The van der Waals surface area contributed by atoms with E-state index in [-0.39, 0.29) is 4.73 Å². The van der Waals surface area contributed by atoms with Crippen LogP contribution in [-0.2, 0) is 0 Å². The van der Waals surface area contributed by atoms with E-state index in [4.69, 9.17) is 5.21 Å². The molecule has 0 unspecified atom stereocenters. The Hall–Kier alpha value is -3.30. The van der Waals surface area contributed by atoms with Crippen LogP contribution in [0.1, 0.15) is 0 Å². The van der Waals surface area contributed by atoms with Crippen molar-refractivity contribution < 1.29 is 15.1 Å². The standard InChI is InChI=1S/C5H3N3O6.C5H5N/c9-4-1-5(8(13)14)6(10)2-3(4)7(11)12;1-2-4-6-5-3-1/h1-2,10H;1-5H. The number of pyridine rings is 2. The largest absolute Gasteiger partial charge is 0.365 e. The molecular formula is C10H8N4O6. The second kappa shape index (κ2) is 6.58. The molecule has 2 rings (SSSR count). The Balaban J connectivity index is 0.000000276. The van der Waals surface area contributed by atoms with Crippen LogP contribution in [-0.4, -0.2) is 24.8 Å². The SMILES string of the molecule is O=c1cc([N+](=O)[O-])n(O)cc1[N+](=O)[O-].c1ccncc1. The van der Waals surface area contributed by atoms with Gasteiger partial charge in [0.2, 0.25) is 6.20 Å². The van der Waals surface area contributed by atoms with Crippen molar-refractivity contribution in [3.8, 4) is 0 Å². The van der Waals surface area contributed by atoms with Crippen molar-refractivity contribution in [2.24, 2.45) is 0 Å². The quantitative estimate of drug-likeness (QED) is 0.490. The molecule has 0 aliphatic carbocycles. The van der Waals surface area contributed by atoms with Crippen LogP contribution in [0.3, 0.4) is 0 Å². The van der Waals surface area contributed by atoms with Gasteiger partial charge in [-0.2, -0.15) is 0 Å². The topological polar surface area (TPSA) is 141 Å². The third-order valence-corrected chi connectivity index (χ3v) is 1.94. The summed E-state index contributed by atoms with van der Waals surface area (Å²) in [6.45, 7) is 0. The van der Waals surface area contributed by atoms with Crippen molar-refractivity contribution >= 4 is 11.5 Å². The Morgan fingerprint density at radius 3 is 2.05 bits per heavy atom. The number of aromatic nitrogens is 2. The normalized spacial score (nSPS) is 9.20. The molecule has 20 heavy (non-hydrogen) atoms. The van der Waals surface area contributed by atoms with Gasteiger partial charge in [-0.3, -0.25) is 19.9 Å². The predicted molar refractivity (Wildman–Crippen MR) is 65.4 cm³/mol. The maximum Gasteiger partial charge on any atom is 0.365 e. The Bertz CT molecular complexity index is 642. The Morgan fingerprint density at radius 2 is 1.70 bits per heavy atom. The van der Waals surface area contributed by atoms with Crippen molar-refractivity contribution in [1.82, 2.24) is 9.71 Å². The second-order valence-corrected chi connectivity index (χ2v) is 3.26. The van der Waals surface area contributed by atoms with Crippen LogP contribution in [0.25, 0.3) is 0 Å². The molecule has 0 aliphatic rings. The van der Waals surface area contributed by atoms with E-state index in [1.165, 1.54) is 0 Å². The van der Waals surface area contributed by atoms with E-state index in [0.717, 1.165) is 0 Å². The molecule has 0 atom stereocenters. The van der Waals surface area contributed by atoms with E-state index in [9.17, 15) is 25.0 Å². The Kier molecular flexibility index (Phi) is 4.86. The van der Waals surface area contributed by atoms with Gasteiger partial charge in [0.25, 0.3) is 5.43 Å². The molecule has 2 aromatic rings. The fourth-order valence-electron chi connectivity index (χ4n) is 1.09. The van der Waals surface area contributed by atoms with Crippen molar-refractivity contribution in [3.63, 3.8) is 0 Å². The average Bonchev–Trinajstić information content (AvgIpc) is 2.43. The average molecular weight is 280 g/mol. The highest BCUT2D eigenvalue weighted by Gasteiger charge is 2.21. The molecular weight excluding hydrogens is 272 g/mol. The van der Waals surface area contributed by atoms with Gasteiger partial charge >= 0.3 is 11.5 Å². The third kappa shape index (κ3) is 3.87. The summed E-state index contributed by atoms with van der Waals surface area (Å²) in [6.07, 6.45) is 3.88. The van der Waals surface area contributed by atoms with E-state index in [0.29, 0.717) is 12.3 Å². The Morgan fingerprint density at radius 1 is 1.10 bits per heavy atom. The zero-order valence-corrected chi connectivity index (χ0v) is 9.82. The van der Waals surface area contributed by atoms with Crippen LogP contribution in [0, 0.1) is 20.2 Å². The first-order valence-electron chi connectivity index (χ1n) is 5.03. The monoisotopic (exact) mass is 280 g/mol. The molecule has 0 aromatic carbocycles. The number of nitro groups is 2. The summed E-state index contributed by atoms with van der Waals surface area (Å²) < 4.78 is -0.0838. The van der Waals surface area contributed by atoms with Crippen LogP contribution in [0.15, 0.2) is 47.7 Å². The smallest absolute Gasteiger partial charge is 0.358 e. The van der Waals surface area contributed by atoms with Crippen molar-refractivity contribution in [2.45, 2.75) is 0 Å². The van der Waals surface area contributed by atoms with Crippen molar-refractivity contribution in [3.05, 3.63) is 73.3 Å². The molecule has 0 radical (unpaired) electrons. The number of rotatable bonds is 2. The van der Waals surface area contributed by atoms with E-state index in [1.54, 1.807) is 12.4 Å². The summed E-state index contributed by atoms with van der Waals surface area (Å²) in [5, 5.41) is 29.2. The lowest BCUT2D eigenvalue weighted by Crippen LogP contribution is -2.13. The summed E-state index contributed by atoms with van der Waals surface area (Å²) >= 11 is 0. The molecule has 2 aromatic heterocycles. The van der Waals surface area contributed by atoms with Crippen molar-refractivity contribution in [1.29, 1.82) is 0 Å². The van der Waals surface area contributed by atoms with Gasteiger partial charge in [0.05, 0.1) is 11.0 Å². The maximum absolute atomic E-state index is 10.9. The van der Waals surface area contributed by atoms with E-state index >= 15 is 0 Å². The van der Waals surface area contributed by atoms with Gasteiger partial charge in [-0.1, -0.05) is 6.07 Å². The van der Waals surface area contributed by atoms with Gasteiger partial charge in [0.15, 0.2) is 0 Å². The van der Waals surface area contributed by atoms with E-state index in [2.05, 4.69) is 4.98 Å². The Labute approximate surface area is 110 Å². The molecule has 10 nitrogen and oxygen atoms in total. The van der Waals surface area contributed by atoms with Crippen LogP contribution in [0.2, 0.25) is 0 Å². The summed E-state index contributed by atoms with van der Waals surface area (Å²) in [6, 6.07) is 6.09. The summed E-state index contributed by atoms with van der Waals surface area (Å²) in [5.74, 6) is -0.930. The van der Waals surface area contributed by atoms with E-state index in [1.807, 2.05) is 18.2 Å². The molecule has 0 saturated heterocycles. The summed E-state index contributed by atoms with van der Waals surface area (Å²) in [7, 11) is 0. The molecule has 0 amide bonds. The van der Waals surface area contributed by atoms with Gasteiger partial charge in [-0.25, -0.2) is 0 Å². The minimum absolute atomic E-state index is 0.0838. The second-order valence-electron chi connectivity index (χ2n) is 3.26. The fourth-order valence-corrected chi connectivity index (χ4v) is 1.09. The first kappa shape index (κ1) is 14.8. The lowest BCUT2D eigenvalue weighted by Gasteiger charge is -1.96. The van der Waals surface area contributed by atoms with Gasteiger partial charge < -0.3 is 15.3 Å². The van der Waals surface area contributed by atoms with Gasteiger partial charge in [-0.15, -0.1) is 0 Å². The van der Waals surface area contributed by atoms with Crippen LogP contribution in [0.4, 0.5) is 11.5 Å². The first-order valence-corrected chi connectivity index (χ1v) is 5.03. The highest BCUT2D eigenvalue weighted by molar-refractivity contribution is 5.32. The predicted octanol–water partition coefficient (Wildman–Crippen LogP) is 0.984. The number of hydrogen-bond acceptors (Lipinski definition) is 7. The van der Waals surface area contributed by atoms with Gasteiger partial charge in [0, 0.05) is 12.4 Å². The van der Waals surface area contributed by atoms with Crippen LogP contribution in [0.5, 0.6) is 0 Å². The van der Waals surface area contributed by atoms with Crippen molar-refractivity contribution in [2.75, 3.05) is 0 Å². The highest BCUT2D eigenvalue weighted by atomic mass is 16.6. The highest BCUT2D eigenvalue weighted by Crippen LogP contribution is 2.10. The molecule has 0 spiro atoms. The lowest BCUT2D eigenvalue weighted by molar-refractivity contribution is -0.401. The molecule has 10 heteroatoms. The molecule has 0 aliphatic heterocycles. The minimum Gasteiger partial charge on any atom is -0.358 e. The molecule has 104 valence electrons. The number of nitrogens with zero attached hydrogens (tertiary/aromatic N) is 4. The minimum atomic E-state index is -1.13. The number of hydrogen-bond donors (Lipinski definition) is 1. The lowest BCUT2D eigenvalue weighted by atomic mass is 10.4. The van der Waals surface area contributed by atoms with E-state index < -0.39 is 26.8 Å². The summed E-state index contributed by atoms with van der Waals surface area (Å²) in [5.41, 5.74) is -2.06. The maximum atomic E-state index is 10.9. The third-order valence-electron chi connectivity index (χ3n) is 1.94. The van der Waals surface area contributed by atoms with Crippen LogP contribution >= 0.6 is 0 Å². The molecule has 0 saturated carbocycles.